The largest absolute Gasteiger partial charge is 0.481 e. The summed E-state index contributed by atoms with van der Waals surface area (Å²) < 4.78 is 12.9. The van der Waals surface area contributed by atoms with Gasteiger partial charge in [-0.1, -0.05) is 0 Å². The SMILES string of the molecule is CC1CNC(CCC(=O)O)CN1c1ccc(F)cc1. The van der Waals surface area contributed by atoms with Gasteiger partial charge in [-0.25, -0.2) is 4.39 Å². The van der Waals surface area contributed by atoms with E-state index in [1.54, 1.807) is 12.1 Å². The Hall–Kier alpha value is -1.62. The van der Waals surface area contributed by atoms with Crippen molar-refractivity contribution in [1.82, 2.24) is 5.32 Å². The van der Waals surface area contributed by atoms with Crippen molar-refractivity contribution in [3.8, 4) is 0 Å². The van der Waals surface area contributed by atoms with Crippen LogP contribution >= 0.6 is 0 Å². The van der Waals surface area contributed by atoms with Crippen LogP contribution in [-0.4, -0.2) is 36.2 Å². The number of hydrogen-bond acceptors (Lipinski definition) is 3. The van der Waals surface area contributed by atoms with Gasteiger partial charge in [0, 0.05) is 37.3 Å². The van der Waals surface area contributed by atoms with Crippen LogP contribution in [0.4, 0.5) is 10.1 Å². The van der Waals surface area contributed by atoms with Crippen LogP contribution in [0.5, 0.6) is 0 Å². The predicted molar refractivity (Wildman–Crippen MR) is 71.9 cm³/mol. The summed E-state index contributed by atoms with van der Waals surface area (Å²) >= 11 is 0. The van der Waals surface area contributed by atoms with E-state index in [1.807, 2.05) is 0 Å². The van der Waals surface area contributed by atoms with Gasteiger partial charge in [0.1, 0.15) is 5.82 Å². The van der Waals surface area contributed by atoms with Crippen LogP contribution in [-0.2, 0) is 4.79 Å². The molecule has 1 heterocycles. The monoisotopic (exact) mass is 266 g/mol. The lowest BCUT2D eigenvalue weighted by Crippen LogP contribution is -2.55. The second kappa shape index (κ2) is 6.02. The van der Waals surface area contributed by atoms with E-state index in [4.69, 9.17) is 5.11 Å². The number of carboxylic acid groups (broad SMARTS) is 1. The highest BCUT2D eigenvalue weighted by Crippen LogP contribution is 2.21. The van der Waals surface area contributed by atoms with Crippen LogP contribution in [0.3, 0.4) is 0 Å². The zero-order chi connectivity index (χ0) is 13.8. The Kier molecular flexibility index (Phi) is 4.37. The first-order chi connectivity index (χ1) is 9.06. The molecule has 104 valence electrons. The van der Waals surface area contributed by atoms with Gasteiger partial charge in [0.15, 0.2) is 0 Å². The lowest BCUT2D eigenvalue weighted by Gasteiger charge is -2.40. The van der Waals surface area contributed by atoms with Crippen molar-refractivity contribution in [3.63, 3.8) is 0 Å². The quantitative estimate of drug-likeness (QED) is 0.873. The molecule has 0 saturated carbocycles. The summed E-state index contributed by atoms with van der Waals surface area (Å²) in [5.41, 5.74) is 0.982. The normalized spacial score (nSPS) is 23.4. The highest BCUT2D eigenvalue weighted by Gasteiger charge is 2.25. The molecule has 2 rings (SSSR count). The Bertz CT molecular complexity index is 436. The van der Waals surface area contributed by atoms with E-state index < -0.39 is 5.97 Å². The molecule has 1 aromatic carbocycles. The molecule has 1 saturated heterocycles. The topological polar surface area (TPSA) is 52.6 Å². The highest BCUT2D eigenvalue weighted by atomic mass is 19.1. The first-order valence-corrected chi connectivity index (χ1v) is 6.53. The summed E-state index contributed by atoms with van der Waals surface area (Å²) in [5.74, 6) is -1.01. The van der Waals surface area contributed by atoms with E-state index in [1.165, 1.54) is 12.1 Å². The molecule has 0 aromatic heterocycles. The molecule has 0 amide bonds. The predicted octanol–water partition coefficient (Wildman–Crippen LogP) is 1.86. The first-order valence-electron chi connectivity index (χ1n) is 6.53. The Morgan fingerprint density at radius 3 is 2.79 bits per heavy atom. The molecular formula is C14H19FN2O2. The standard InChI is InChI=1S/C14H19FN2O2/c1-10-8-16-12(4-7-14(18)19)9-17(10)13-5-2-11(15)3-6-13/h2-3,5-6,10,12,16H,4,7-9H2,1H3,(H,18,19). The Morgan fingerprint density at radius 2 is 2.16 bits per heavy atom. The van der Waals surface area contributed by atoms with Crippen LogP contribution in [0, 0.1) is 5.82 Å². The van der Waals surface area contributed by atoms with E-state index in [-0.39, 0.29) is 18.3 Å². The maximum absolute atomic E-state index is 12.9. The van der Waals surface area contributed by atoms with Gasteiger partial charge < -0.3 is 15.3 Å². The van der Waals surface area contributed by atoms with Gasteiger partial charge in [-0.3, -0.25) is 4.79 Å². The maximum atomic E-state index is 12.9. The number of nitrogens with one attached hydrogen (secondary N) is 1. The van der Waals surface area contributed by atoms with E-state index >= 15 is 0 Å². The van der Waals surface area contributed by atoms with Gasteiger partial charge in [-0.15, -0.1) is 0 Å². The highest BCUT2D eigenvalue weighted by molar-refractivity contribution is 5.66. The summed E-state index contributed by atoms with van der Waals surface area (Å²) in [6.07, 6.45) is 0.781. The molecule has 0 bridgehead atoms. The number of carboxylic acids is 1. The van der Waals surface area contributed by atoms with Crippen molar-refractivity contribution in [3.05, 3.63) is 30.1 Å². The minimum atomic E-state index is -0.770. The number of halogens is 1. The maximum Gasteiger partial charge on any atom is 0.303 e. The molecule has 1 fully saturated rings. The van der Waals surface area contributed by atoms with Gasteiger partial charge in [0.05, 0.1) is 0 Å². The van der Waals surface area contributed by atoms with Crippen LogP contribution in [0.25, 0.3) is 0 Å². The molecule has 19 heavy (non-hydrogen) atoms. The Balaban J connectivity index is 2.01. The van der Waals surface area contributed by atoms with Crippen LogP contribution in [0.15, 0.2) is 24.3 Å². The smallest absolute Gasteiger partial charge is 0.303 e. The molecule has 2 N–H and O–H groups in total. The molecule has 1 aliphatic heterocycles. The molecule has 2 unspecified atom stereocenters. The average molecular weight is 266 g/mol. The molecule has 1 aliphatic rings. The average Bonchev–Trinajstić information content (AvgIpc) is 2.39. The summed E-state index contributed by atoms with van der Waals surface area (Å²) in [7, 11) is 0. The van der Waals surface area contributed by atoms with Crippen LogP contribution < -0.4 is 10.2 Å². The van der Waals surface area contributed by atoms with Crippen molar-refractivity contribution in [2.24, 2.45) is 0 Å². The molecule has 0 aliphatic carbocycles. The van der Waals surface area contributed by atoms with Crippen LogP contribution in [0.2, 0.25) is 0 Å². The number of carbonyl (C=O) groups is 1. The third kappa shape index (κ3) is 3.67. The fourth-order valence-electron chi connectivity index (χ4n) is 2.41. The lowest BCUT2D eigenvalue weighted by atomic mass is 10.0. The van der Waals surface area contributed by atoms with Crippen molar-refractivity contribution in [1.29, 1.82) is 0 Å². The summed E-state index contributed by atoms with van der Waals surface area (Å²) in [6, 6.07) is 6.92. The van der Waals surface area contributed by atoms with Gasteiger partial charge in [0.2, 0.25) is 0 Å². The summed E-state index contributed by atoms with van der Waals surface area (Å²) in [6.45, 7) is 3.66. The molecule has 2 atom stereocenters. The van der Waals surface area contributed by atoms with Crippen LogP contribution in [0.1, 0.15) is 19.8 Å². The number of rotatable bonds is 4. The Labute approximate surface area is 112 Å². The number of hydrogen-bond donors (Lipinski definition) is 2. The molecule has 5 heteroatoms. The number of anilines is 1. The molecular weight excluding hydrogens is 247 g/mol. The summed E-state index contributed by atoms with van der Waals surface area (Å²) in [5, 5.41) is 12.1. The van der Waals surface area contributed by atoms with E-state index in [2.05, 4.69) is 17.1 Å². The Morgan fingerprint density at radius 1 is 1.47 bits per heavy atom. The zero-order valence-electron chi connectivity index (χ0n) is 11.0. The lowest BCUT2D eigenvalue weighted by molar-refractivity contribution is -0.137. The second-order valence-electron chi connectivity index (χ2n) is 5.02. The fourth-order valence-corrected chi connectivity index (χ4v) is 2.41. The van der Waals surface area contributed by atoms with Gasteiger partial charge in [-0.2, -0.15) is 0 Å². The van der Waals surface area contributed by atoms with Crippen molar-refractivity contribution in [2.75, 3.05) is 18.0 Å². The number of nitrogens with zero attached hydrogens (tertiary/aromatic N) is 1. The van der Waals surface area contributed by atoms with Gasteiger partial charge in [-0.05, 0) is 37.6 Å². The number of piperazine rings is 1. The summed E-state index contributed by atoms with van der Waals surface area (Å²) in [4.78, 5) is 12.8. The second-order valence-corrected chi connectivity index (χ2v) is 5.02. The molecule has 4 nitrogen and oxygen atoms in total. The van der Waals surface area contributed by atoms with Gasteiger partial charge in [0.25, 0.3) is 0 Å². The molecule has 1 aromatic rings. The zero-order valence-corrected chi connectivity index (χ0v) is 11.0. The van der Waals surface area contributed by atoms with Crippen molar-refractivity contribution < 1.29 is 14.3 Å². The number of benzene rings is 1. The van der Waals surface area contributed by atoms with Gasteiger partial charge >= 0.3 is 5.97 Å². The molecule has 0 spiro atoms. The first kappa shape index (κ1) is 13.8. The fraction of sp³-hybridized carbons (Fsp3) is 0.500. The third-order valence-corrected chi connectivity index (χ3v) is 3.52. The van der Waals surface area contributed by atoms with Crippen molar-refractivity contribution >= 4 is 11.7 Å². The third-order valence-electron chi connectivity index (χ3n) is 3.52. The minimum Gasteiger partial charge on any atom is -0.481 e. The minimum absolute atomic E-state index is 0.164. The van der Waals surface area contributed by atoms with Crippen molar-refractivity contribution in [2.45, 2.75) is 31.8 Å². The number of aliphatic carboxylic acids is 1. The van der Waals surface area contributed by atoms with E-state index in [0.29, 0.717) is 12.5 Å². The molecule has 0 radical (unpaired) electrons. The van der Waals surface area contributed by atoms with E-state index in [0.717, 1.165) is 18.8 Å². The van der Waals surface area contributed by atoms with E-state index in [9.17, 15) is 9.18 Å².